The molecule has 2 aromatic carbocycles. The molecule has 9 nitrogen and oxygen atoms in total. The van der Waals surface area contributed by atoms with Gasteiger partial charge in [-0.15, -0.1) is 11.8 Å². The normalized spacial score (nSPS) is 10.9. The predicted molar refractivity (Wildman–Crippen MR) is 117 cm³/mol. The quantitative estimate of drug-likeness (QED) is 0.151. The van der Waals surface area contributed by atoms with E-state index in [9.17, 15) is 19.7 Å². The van der Waals surface area contributed by atoms with Crippen molar-refractivity contribution in [1.82, 2.24) is 10.1 Å². The average molecular weight is 455 g/mol. The zero-order valence-corrected chi connectivity index (χ0v) is 18.5. The van der Waals surface area contributed by atoms with Crippen molar-refractivity contribution >= 4 is 29.2 Å². The van der Waals surface area contributed by atoms with Crippen LogP contribution in [-0.2, 0) is 17.8 Å². The lowest BCUT2D eigenvalue weighted by molar-refractivity contribution is -0.387. The molecule has 0 bridgehead atoms. The first-order valence-corrected chi connectivity index (χ1v) is 11.0. The molecule has 3 aromatic rings. The molecular formula is C22H21N3O6S. The second-order valence-corrected chi connectivity index (χ2v) is 8.14. The minimum Gasteiger partial charge on any atom is -0.452 e. The van der Waals surface area contributed by atoms with Crippen LogP contribution in [-0.4, -0.2) is 33.1 Å². The van der Waals surface area contributed by atoms with E-state index in [1.165, 1.54) is 42.1 Å². The number of hydrogen-bond acceptors (Lipinski definition) is 9. The summed E-state index contributed by atoms with van der Waals surface area (Å²) in [5.74, 6) is -0.238. The molecule has 1 heterocycles. The standard InChI is InChI=1S/C22H21N3O6S/c1-13(2)10-19-23-20(31-24-19)12-30-22(27)16-7-5-4-6-15(16)21(26)14-8-9-18(32-3)17(11-14)25(28)29/h4-9,11,13H,10,12H2,1-3H3. The van der Waals surface area contributed by atoms with Gasteiger partial charge in [0.2, 0.25) is 0 Å². The molecular weight excluding hydrogens is 434 g/mol. The summed E-state index contributed by atoms with van der Waals surface area (Å²) in [4.78, 5) is 41.1. The van der Waals surface area contributed by atoms with Gasteiger partial charge in [-0.25, -0.2) is 4.79 Å². The Balaban J connectivity index is 1.80. The van der Waals surface area contributed by atoms with Crippen molar-refractivity contribution in [2.24, 2.45) is 5.92 Å². The lowest BCUT2D eigenvalue weighted by atomic mass is 9.98. The third-order valence-electron chi connectivity index (χ3n) is 4.46. The van der Waals surface area contributed by atoms with E-state index in [0.29, 0.717) is 23.1 Å². The van der Waals surface area contributed by atoms with Crippen LogP contribution in [0.25, 0.3) is 0 Å². The Bertz CT molecular complexity index is 1160. The molecule has 0 saturated carbocycles. The van der Waals surface area contributed by atoms with Gasteiger partial charge < -0.3 is 9.26 Å². The summed E-state index contributed by atoms with van der Waals surface area (Å²) in [7, 11) is 0. The van der Waals surface area contributed by atoms with Crippen molar-refractivity contribution in [3.05, 3.63) is 81.0 Å². The van der Waals surface area contributed by atoms with Crippen LogP contribution >= 0.6 is 11.8 Å². The van der Waals surface area contributed by atoms with Crippen molar-refractivity contribution in [3.8, 4) is 0 Å². The highest BCUT2D eigenvalue weighted by molar-refractivity contribution is 7.98. The fraction of sp³-hybridized carbons (Fsp3) is 0.273. The molecule has 0 aliphatic rings. The van der Waals surface area contributed by atoms with Gasteiger partial charge in [-0.2, -0.15) is 4.98 Å². The summed E-state index contributed by atoms with van der Waals surface area (Å²) < 4.78 is 10.3. The molecule has 10 heteroatoms. The average Bonchev–Trinajstić information content (AvgIpc) is 3.23. The van der Waals surface area contributed by atoms with Crippen LogP contribution in [0.5, 0.6) is 0 Å². The molecule has 1 aromatic heterocycles. The number of nitro benzene ring substituents is 1. The molecule has 32 heavy (non-hydrogen) atoms. The van der Waals surface area contributed by atoms with E-state index in [-0.39, 0.29) is 34.9 Å². The van der Waals surface area contributed by atoms with Crippen LogP contribution in [0, 0.1) is 16.0 Å². The van der Waals surface area contributed by atoms with Crippen LogP contribution in [0.2, 0.25) is 0 Å². The number of ether oxygens (including phenoxy) is 1. The molecule has 0 fully saturated rings. The van der Waals surface area contributed by atoms with E-state index in [1.807, 2.05) is 13.8 Å². The highest BCUT2D eigenvalue weighted by Crippen LogP contribution is 2.29. The fourth-order valence-electron chi connectivity index (χ4n) is 2.99. The molecule has 0 aliphatic carbocycles. The van der Waals surface area contributed by atoms with Crippen LogP contribution in [0.3, 0.4) is 0 Å². The smallest absolute Gasteiger partial charge is 0.339 e. The van der Waals surface area contributed by atoms with Gasteiger partial charge in [-0.05, 0) is 30.4 Å². The maximum Gasteiger partial charge on any atom is 0.339 e. The van der Waals surface area contributed by atoms with Gasteiger partial charge in [0.1, 0.15) is 0 Å². The Morgan fingerprint density at radius 3 is 2.56 bits per heavy atom. The summed E-state index contributed by atoms with van der Waals surface area (Å²) in [5, 5.41) is 15.2. The molecule has 166 valence electrons. The van der Waals surface area contributed by atoms with Crippen LogP contribution in [0.15, 0.2) is 51.9 Å². The third-order valence-corrected chi connectivity index (χ3v) is 5.24. The zero-order valence-electron chi connectivity index (χ0n) is 17.7. The Kier molecular flexibility index (Phi) is 7.37. The van der Waals surface area contributed by atoms with Crippen LogP contribution in [0.1, 0.15) is 51.8 Å². The van der Waals surface area contributed by atoms with Crippen LogP contribution in [0.4, 0.5) is 5.69 Å². The molecule has 3 rings (SSSR count). The topological polar surface area (TPSA) is 125 Å². The summed E-state index contributed by atoms with van der Waals surface area (Å²) in [6, 6.07) is 10.4. The first-order chi connectivity index (χ1) is 15.3. The lowest BCUT2D eigenvalue weighted by Crippen LogP contribution is -2.13. The second kappa shape index (κ2) is 10.2. The molecule has 0 amide bonds. The van der Waals surface area contributed by atoms with E-state index >= 15 is 0 Å². The Labute approximate surface area is 188 Å². The van der Waals surface area contributed by atoms with E-state index in [4.69, 9.17) is 9.26 Å². The minimum atomic E-state index is -0.743. The van der Waals surface area contributed by atoms with E-state index in [2.05, 4.69) is 10.1 Å². The summed E-state index contributed by atoms with van der Waals surface area (Å²) in [5.41, 5.74) is 0.0488. The maximum absolute atomic E-state index is 13.0. The van der Waals surface area contributed by atoms with Gasteiger partial charge in [0.15, 0.2) is 18.2 Å². The number of benzene rings is 2. The first-order valence-electron chi connectivity index (χ1n) is 9.75. The minimum absolute atomic E-state index is 0.0380. The Morgan fingerprint density at radius 2 is 1.91 bits per heavy atom. The summed E-state index contributed by atoms with van der Waals surface area (Å²) in [6.07, 6.45) is 2.35. The number of aromatic nitrogens is 2. The molecule has 0 aliphatic heterocycles. The lowest BCUT2D eigenvalue weighted by Gasteiger charge is -2.09. The summed E-state index contributed by atoms with van der Waals surface area (Å²) >= 11 is 1.21. The number of nitrogens with zero attached hydrogens (tertiary/aromatic N) is 3. The molecule has 0 atom stereocenters. The number of esters is 1. The van der Waals surface area contributed by atoms with Crippen molar-refractivity contribution in [1.29, 1.82) is 0 Å². The van der Waals surface area contributed by atoms with E-state index in [1.54, 1.807) is 18.4 Å². The number of hydrogen-bond donors (Lipinski definition) is 0. The van der Waals surface area contributed by atoms with E-state index < -0.39 is 16.7 Å². The molecule has 0 unspecified atom stereocenters. The van der Waals surface area contributed by atoms with Crippen molar-refractivity contribution in [3.63, 3.8) is 0 Å². The third kappa shape index (κ3) is 5.38. The molecule has 0 radical (unpaired) electrons. The number of carbonyl (C=O) groups excluding carboxylic acids is 2. The van der Waals surface area contributed by atoms with Gasteiger partial charge in [-0.3, -0.25) is 14.9 Å². The fourth-order valence-corrected chi connectivity index (χ4v) is 3.54. The second-order valence-electron chi connectivity index (χ2n) is 7.30. The zero-order chi connectivity index (χ0) is 23.3. The van der Waals surface area contributed by atoms with Gasteiger partial charge in [0.05, 0.1) is 15.4 Å². The summed E-state index contributed by atoms with van der Waals surface area (Å²) in [6.45, 7) is 3.81. The van der Waals surface area contributed by atoms with Gasteiger partial charge in [-0.1, -0.05) is 37.2 Å². The highest BCUT2D eigenvalue weighted by atomic mass is 32.2. The van der Waals surface area contributed by atoms with Crippen molar-refractivity contribution < 1.29 is 23.8 Å². The number of ketones is 1. The van der Waals surface area contributed by atoms with Gasteiger partial charge in [0, 0.05) is 23.6 Å². The number of carbonyl (C=O) groups is 2. The van der Waals surface area contributed by atoms with Crippen LogP contribution < -0.4 is 0 Å². The molecule has 0 spiro atoms. The Morgan fingerprint density at radius 1 is 1.19 bits per heavy atom. The number of thioether (sulfide) groups is 1. The van der Waals surface area contributed by atoms with Crippen molar-refractivity contribution in [2.75, 3.05) is 6.26 Å². The number of rotatable bonds is 9. The maximum atomic E-state index is 13.0. The van der Waals surface area contributed by atoms with Gasteiger partial charge in [0.25, 0.3) is 11.6 Å². The van der Waals surface area contributed by atoms with Crippen molar-refractivity contribution in [2.45, 2.75) is 31.8 Å². The number of nitro groups is 1. The SMILES string of the molecule is CSc1ccc(C(=O)c2ccccc2C(=O)OCc2nc(CC(C)C)no2)cc1[N+](=O)[O-]. The highest BCUT2D eigenvalue weighted by Gasteiger charge is 2.23. The predicted octanol–water partition coefficient (Wildman–Crippen LogP) is 4.49. The first kappa shape index (κ1) is 23.1. The molecule has 0 N–H and O–H groups in total. The largest absolute Gasteiger partial charge is 0.452 e. The molecule has 0 saturated heterocycles. The van der Waals surface area contributed by atoms with Gasteiger partial charge >= 0.3 is 5.97 Å². The van der Waals surface area contributed by atoms with E-state index in [0.717, 1.165) is 0 Å². The Hall–Kier alpha value is -3.53. The monoisotopic (exact) mass is 455 g/mol.